The summed E-state index contributed by atoms with van der Waals surface area (Å²) in [6.45, 7) is 0.132. The van der Waals surface area contributed by atoms with Gasteiger partial charge in [0.15, 0.2) is 0 Å². The highest BCUT2D eigenvalue weighted by Gasteiger charge is 2.42. The van der Waals surface area contributed by atoms with Crippen LogP contribution in [0.25, 0.3) is 0 Å². The van der Waals surface area contributed by atoms with E-state index in [4.69, 9.17) is 10.8 Å². The first-order chi connectivity index (χ1) is 9.24. The summed E-state index contributed by atoms with van der Waals surface area (Å²) in [4.78, 5) is 22.9. The van der Waals surface area contributed by atoms with Crippen molar-refractivity contribution < 1.29 is 19.2 Å². The maximum absolute atomic E-state index is 13.6. The number of aliphatic carboxylic acids is 1. The number of benzene rings is 1. The highest BCUT2D eigenvalue weighted by atomic mass is 127. The van der Waals surface area contributed by atoms with Gasteiger partial charge in [0.2, 0.25) is 0 Å². The van der Waals surface area contributed by atoms with Crippen LogP contribution >= 0.6 is 22.6 Å². The van der Waals surface area contributed by atoms with Crippen molar-refractivity contribution in [3.05, 3.63) is 31.6 Å². The summed E-state index contributed by atoms with van der Waals surface area (Å²) >= 11 is 1.66. The van der Waals surface area contributed by atoms with Crippen molar-refractivity contribution in [3.63, 3.8) is 0 Å². The molecule has 0 aromatic heterocycles. The Balaban J connectivity index is 2.42. The zero-order valence-electron chi connectivity index (χ0n) is 10.2. The summed E-state index contributed by atoms with van der Waals surface area (Å²) in [6, 6.07) is 2.18. The molecule has 1 saturated heterocycles. The van der Waals surface area contributed by atoms with Gasteiger partial charge in [0.1, 0.15) is 17.0 Å². The molecular formula is C11H11FIN3O4. The number of anilines is 1. The number of carboxylic acid groups (broad SMARTS) is 1. The topological polar surface area (TPSA) is 110 Å². The second kappa shape index (κ2) is 5.13. The summed E-state index contributed by atoms with van der Waals surface area (Å²) < 4.78 is 13.8. The Labute approximate surface area is 126 Å². The third-order valence-electron chi connectivity index (χ3n) is 3.28. The van der Waals surface area contributed by atoms with Crippen LogP contribution in [0.15, 0.2) is 12.1 Å². The second-order valence-electron chi connectivity index (χ2n) is 4.64. The van der Waals surface area contributed by atoms with Crippen molar-refractivity contribution in [2.45, 2.75) is 12.0 Å². The summed E-state index contributed by atoms with van der Waals surface area (Å²) in [7, 11) is 0. The van der Waals surface area contributed by atoms with Crippen molar-refractivity contribution in [1.29, 1.82) is 0 Å². The largest absolute Gasteiger partial charge is 0.480 e. The fourth-order valence-electron chi connectivity index (χ4n) is 2.14. The Morgan fingerprint density at radius 3 is 2.75 bits per heavy atom. The molecular weight excluding hydrogens is 384 g/mol. The SMILES string of the molecule is NC1(C(=O)O)CCN(c2cc(F)c(I)cc2[N+](=O)[O-])C1. The number of nitrogens with zero attached hydrogens (tertiary/aromatic N) is 2. The van der Waals surface area contributed by atoms with Gasteiger partial charge in [-0.05, 0) is 29.0 Å². The Kier molecular flexibility index (Phi) is 3.82. The van der Waals surface area contributed by atoms with E-state index in [0.717, 1.165) is 12.1 Å². The van der Waals surface area contributed by atoms with Gasteiger partial charge in [0, 0.05) is 25.2 Å². The molecule has 1 fully saturated rings. The molecule has 1 heterocycles. The number of nitrogens with two attached hydrogens (primary N) is 1. The molecule has 0 bridgehead atoms. The number of carbonyl (C=O) groups is 1. The van der Waals surface area contributed by atoms with Crippen molar-refractivity contribution in [2.24, 2.45) is 5.73 Å². The van der Waals surface area contributed by atoms with E-state index in [-0.39, 0.29) is 34.5 Å². The molecule has 0 amide bonds. The van der Waals surface area contributed by atoms with Crippen molar-refractivity contribution in [3.8, 4) is 0 Å². The van der Waals surface area contributed by atoms with E-state index in [9.17, 15) is 19.3 Å². The predicted molar refractivity (Wildman–Crippen MR) is 77.2 cm³/mol. The van der Waals surface area contributed by atoms with Gasteiger partial charge in [-0.2, -0.15) is 0 Å². The van der Waals surface area contributed by atoms with Crippen LogP contribution in [0.5, 0.6) is 0 Å². The minimum atomic E-state index is -1.46. The Hall–Kier alpha value is -1.49. The molecule has 1 aromatic carbocycles. The number of hydrogen-bond donors (Lipinski definition) is 2. The van der Waals surface area contributed by atoms with Crippen LogP contribution in [0.2, 0.25) is 0 Å². The third-order valence-corrected chi connectivity index (χ3v) is 4.11. The molecule has 7 nitrogen and oxygen atoms in total. The normalized spacial score (nSPS) is 22.1. The Morgan fingerprint density at radius 1 is 1.60 bits per heavy atom. The van der Waals surface area contributed by atoms with E-state index in [1.165, 1.54) is 4.90 Å². The summed E-state index contributed by atoms with van der Waals surface area (Å²) in [5.74, 6) is -1.76. The van der Waals surface area contributed by atoms with Crippen molar-refractivity contribution >= 4 is 39.9 Å². The molecule has 1 unspecified atom stereocenters. The third kappa shape index (κ3) is 2.54. The van der Waals surface area contributed by atoms with E-state index in [1.807, 2.05) is 0 Å². The first-order valence-electron chi connectivity index (χ1n) is 5.65. The van der Waals surface area contributed by atoms with Crippen LogP contribution < -0.4 is 10.6 Å². The van der Waals surface area contributed by atoms with Gasteiger partial charge in [0.05, 0.1) is 8.49 Å². The fraction of sp³-hybridized carbons (Fsp3) is 0.364. The monoisotopic (exact) mass is 395 g/mol. The highest BCUT2D eigenvalue weighted by molar-refractivity contribution is 14.1. The Bertz CT molecular complexity index is 597. The average molecular weight is 395 g/mol. The quantitative estimate of drug-likeness (QED) is 0.454. The van der Waals surface area contributed by atoms with E-state index in [0.29, 0.717) is 0 Å². The highest BCUT2D eigenvalue weighted by Crippen LogP contribution is 2.35. The van der Waals surface area contributed by atoms with E-state index in [1.54, 1.807) is 22.6 Å². The number of halogens is 2. The standard InChI is InChI=1S/C11H11FIN3O4/c12-6-3-8(9(16(19)20)4-7(6)13)15-2-1-11(14,5-15)10(17)18/h3-4H,1-2,5,14H2,(H,17,18). The molecule has 1 aromatic rings. The number of hydrogen-bond acceptors (Lipinski definition) is 5. The van der Waals surface area contributed by atoms with E-state index >= 15 is 0 Å². The molecule has 2 rings (SSSR count). The minimum Gasteiger partial charge on any atom is -0.480 e. The number of rotatable bonds is 3. The molecule has 1 aliphatic rings. The second-order valence-corrected chi connectivity index (χ2v) is 5.81. The van der Waals surface area contributed by atoms with Crippen molar-refractivity contribution in [1.82, 2.24) is 0 Å². The molecule has 0 spiro atoms. The van der Waals surface area contributed by atoms with Crippen molar-refractivity contribution in [2.75, 3.05) is 18.0 Å². The first kappa shape index (κ1) is 14.9. The molecule has 1 aliphatic heterocycles. The van der Waals surface area contributed by atoms with Crippen LogP contribution in [-0.4, -0.2) is 34.6 Å². The van der Waals surface area contributed by atoms with Gasteiger partial charge in [0.25, 0.3) is 5.69 Å². The molecule has 3 N–H and O–H groups in total. The van der Waals surface area contributed by atoms with E-state index in [2.05, 4.69) is 0 Å². The van der Waals surface area contributed by atoms with Gasteiger partial charge in [-0.15, -0.1) is 0 Å². The van der Waals surface area contributed by atoms with Gasteiger partial charge in [-0.1, -0.05) is 0 Å². The zero-order chi connectivity index (χ0) is 15.1. The lowest BCUT2D eigenvalue weighted by molar-refractivity contribution is -0.384. The smallest absolute Gasteiger partial charge is 0.325 e. The maximum atomic E-state index is 13.6. The molecule has 108 valence electrons. The molecule has 0 aliphatic carbocycles. The van der Waals surface area contributed by atoms with Gasteiger partial charge >= 0.3 is 5.97 Å². The van der Waals surface area contributed by atoms with Crippen LogP contribution in [-0.2, 0) is 4.79 Å². The number of nitro benzene ring substituents is 1. The van der Waals surface area contributed by atoms with Gasteiger partial charge in [-0.25, -0.2) is 4.39 Å². The number of carboxylic acids is 1. The molecule has 20 heavy (non-hydrogen) atoms. The van der Waals surface area contributed by atoms with Gasteiger partial charge < -0.3 is 15.7 Å². The lowest BCUT2D eigenvalue weighted by atomic mass is 10.0. The lowest BCUT2D eigenvalue weighted by Crippen LogP contribution is -2.50. The maximum Gasteiger partial charge on any atom is 0.325 e. The first-order valence-corrected chi connectivity index (χ1v) is 6.73. The average Bonchev–Trinajstić information content (AvgIpc) is 2.76. The predicted octanol–water partition coefficient (Wildman–Crippen LogP) is 1.33. The number of nitro groups is 1. The Morgan fingerprint density at radius 2 is 2.25 bits per heavy atom. The van der Waals surface area contributed by atoms with Crippen LogP contribution in [0.4, 0.5) is 15.8 Å². The molecule has 1 atom stereocenters. The van der Waals surface area contributed by atoms with Crippen LogP contribution in [0.3, 0.4) is 0 Å². The summed E-state index contributed by atoms with van der Waals surface area (Å²) in [5.41, 5.74) is 4.05. The minimum absolute atomic E-state index is 0.0569. The molecule has 0 saturated carbocycles. The fourth-order valence-corrected chi connectivity index (χ4v) is 2.59. The van der Waals surface area contributed by atoms with E-state index < -0.39 is 22.2 Å². The molecule has 9 heteroatoms. The lowest BCUT2D eigenvalue weighted by Gasteiger charge is -2.21. The van der Waals surface area contributed by atoms with Gasteiger partial charge in [-0.3, -0.25) is 14.9 Å². The van der Waals surface area contributed by atoms with Crippen LogP contribution in [0.1, 0.15) is 6.42 Å². The molecule has 0 radical (unpaired) electrons. The summed E-state index contributed by atoms with van der Waals surface area (Å²) in [6.07, 6.45) is 0.146. The zero-order valence-corrected chi connectivity index (χ0v) is 12.3. The summed E-state index contributed by atoms with van der Waals surface area (Å²) in [5, 5.41) is 20.1. The van der Waals surface area contributed by atoms with Crippen LogP contribution in [0, 0.1) is 19.5 Å².